The molecule has 0 aliphatic heterocycles. The van der Waals surface area contributed by atoms with Crippen molar-refractivity contribution in [2.24, 2.45) is 4.99 Å². The molecule has 0 unspecified atom stereocenters. The van der Waals surface area contributed by atoms with Crippen molar-refractivity contribution < 1.29 is 18.3 Å². The number of allylic oxidation sites excluding steroid dienone is 3. The van der Waals surface area contributed by atoms with Gasteiger partial charge in [0.25, 0.3) is 0 Å². The molecular weight excluding hydrogens is 462 g/mol. The van der Waals surface area contributed by atoms with Gasteiger partial charge in [-0.1, -0.05) is 36.4 Å². The number of hydrogen-bond donors (Lipinski definition) is 2. The van der Waals surface area contributed by atoms with Crippen LogP contribution in [0.1, 0.15) is 29.2 Å². The van der Waals surface area contributed by atoms with Crippen LogP contribution >= 0.6 is 0 Å². The number of ether oxygens (including phenoxy) is 1. The molecule has 4 rings (SSSR count). The van der Waals surface area contributed by atoms with Gasteiger partial charge in [-0.05, 0) is 60.2 Å². The van der Waals surface area contributed by atoms with E-state index in [0.29, 0.717) is 11.2 Å². The number of benzene rings is 2. The molecule has 36 heavy (non-hydrogen) atoms. The summed E-state index contributed by atoms with van der Waals surface area (Å²) in [5, 5.41) is 3.11. The maximum atomic E-state index is 15.3. The lowest BCUT2D eigenvalue weighted by Crippen LogP contribution is -2.15. The van der Waals surface area contributed by atoms with E-state index in [0.717, 1.165) is 28.2 Å². The van der Waals surface area contributed by atoms with Crippen molar-refractivity contribution >= 4 is 35.1 Å². The van der Waals surface area contributed by atoms with E-state index in [4.69, 9.17) is 4.74 Å². The molecule has 0 aliphatic rings. The maximum absolute atomic E-state index is 15.3. The van der Waals surface area contributed by atoms with Crippen molar-refractivity contribution in [3.63, 3.8) is 0 Å². The molecule has 0 aliphatic carbocycles. The smallest absolute Gasteiger partial charge is 0.412 e. The number of pyridine rings is 1. The van der Waals surface area contributed by atoms with E-state index in [-0.39, 0.29) is 24.3 Å². The number of anilines is 1. The van der Waals surface area contributed by atoms with Crippen molar-refractivity contribution in [3.05, 3.63) is 113 Å². The highest BCUT2D eigenvalue weighted by Crippen LogP contribution is 2.28. The zero-order valence-electron chi connectivity index (χ0n) is 19.6. The number of fused-ring (bicyclic) bond motifs is 1. The molecule has 2 heterocycles. The molecule has 0 bridgehead atoms. The van der Waals surface area contributed by atoms with Crippen LogP contribution in [0.2, 0.25) is 0 Å². The number of carbonyl (C=O) groups is 1. The summed E-state index contributed by atoms with van der Waals surface area (Å²) in [6.45, 7) is 5.35. The van der Waals surface area contributed by atoms with Crippen LogP contribution in [0.4, 0.5) is 19.3 Å². The van der Waals surface area contributed by atoms with Crippen LogP contribution in [-0.4, -0.2) is 22.8 Å². The Hall–Kier alpha value is -4.59. The van der Waals surface area contributed by atoms with Gasteiger partial charge in [0.2, 0.25) is 0 Å². The van der Waals surface area contributed by atoms with E-state index in [2.05, 4.69) is 27.0 Å². The molecule has 2 aromatic carbocycles. The number of hydrogen-bond acceptors (Lipinski definition) is 4. The van der Waals surface area contributed by atoms with E-state index >= 15 is 4.39 Å². The van der Waals surface area contributed by atoms with Gasteiger partial charge in [0.1, 0.15) is 18.1 Å². The maximum Gasteiger partial charge on any atom is 0.412 e. The summed E-state index contributed by atoms with van der Waals surface area (Å²) in [4.78, 5) is 23.3. The van der Waals surface area contributed by atoms with E-state index in [1.54, 1.807) is 36.8 Å². The van der Waals surface area contributed by atoms with E-state index < -0.39 is 17.7 Å². The van der Waals surface area contributed by atoms with Crippen LogP contribution in [0.3, 0.4) is 0 Å². The zero-order valence-corrected chi connectivity index (χ0v) is 19.6. The first kappa shape index (κ1) is 24.5. The van der Waals surface area contributed by atoms with Gasteiger partial charge < -0.3 is 9.72 Å². The van der Waals surface area contributed by atoms with E-state index in [9.17, 15) is 9.18 Å². The number of carbonyl (C=O) groups excluding carboxylic acids is 1. The Bertz CT molecular complexity index is 1460. The minimum absolute atomic E-state index is 0.0285. The lowest BCUT2D eigenvalue weighted by molar-refractivity contribution is 0.155. The summed E-state index contributed by atoms with van der Waals surface area (Å²) in [7, 11) is 0. The number of aromatic amines is 1. The number of nitrogens with zero attached hydrogens (tertiary/aromatic N) is 2. The Kier molecular flexibility index (Phi) is 7.65. The Morgan fingerprint density at radius 2 is 2.03 bits per heavy atom. The predicted molar refractivity (Wildman–Crippen MR) is 138 cm³/mol. The van der Waals surface area contributed by atoms with Crippen LogP contribution < -0.4 is 5.32 Å². The molecule has 2 N–H and O–H groups in total. The van der Waals surface area contributed by atoms with Gasteiger partial charge in [0, 0.05) is 36.0 Å². The molecule has 0 saturated heterocycles. The fourth-order valence-corrected chi connectivity index (χ4v) is 3.68. The van der Waals surface area contributed by atoms with Crippen LogP contribution in [-0.2, 0) is 17.8 Å². The summed E-state index contributed by atoms with van der Waals surface area (Å²) >= 11 is 0. The first-order valence-corrected chi connectivity index (χ1v) is 11.2. The highest BCUT2D eigenvalue weighted by molar-refractivity contribution is 5.86. The number of amides is 1. The lowest BCUT2D eigenvalue weighted by Gasteiger charge is -2.11. The predicted octanol–water partition coefficient (Wildman–Crippen LogP) is 6.80. The van der Waals surface area contributed by atoms with Crippen molar-refractivity contribution in [1.82, 2.24) is 9.97 Å². The van der Waals surface area contributed by atoms with Crippen molar-refractivity contribution in [2.75, 3.05) is 5.32 Å². The number of H-pyrrole nitrogens is 1. The molecule has 1 amide bonds. The number of aromatic nitrogens is 2. The lowest BCUT2D eigenvalue weighted by atomic mass is 10.0. The first-order chi connectivity index (χ1) is 17.5. The van der Waals surface area contributed by atoms with Crippen LogP contribution in [0.25, 0.3) is 16.6 Å². The molecule has 0 fully saturated rings. The second-order valence-electron chi connectivity index (χ2n) is 8.06. The molecule has 0 saturated carbocycles. The van der Waals surface area contributed by atoms with Gasteiger partial charge in [-0.2, -0.15) is 0 Å². The van der Waals surface area contributed by atoms with Crippen LogP contribution in [0, 0.1) is 11.6 Å². The van der Waals surface area contributed by atoms with Crippen molar-refractivity contribution in [2.45, 2.75) is 20.0 Å². The number of rotatable bonds is 8. The van der Waals surface area contributed by atoms with E-state index in [1.807, 2.05) is 37.3 Å². The third kappa shape index (κ3) is 5.72. The SMILES string of the molecule is C=N/C=C\C=C(/C)c1cnc2[nH]cc(Cc3c(F)ccc(NC(=O)OCc4ccccc4)c3F)c2c1. The number of nitrogens with one attached hydrogen (secondary N) is 2. The molecule has 0 radical (unpaired) electrons. The quantitative estimate of drug-likeness (QED) is 0.212. The first-order valence-electron chi connectivity index (χ1n) is 11.2. The van der Waals surface area contributed by atoms with Gasteiger partial charge in [-0.15, -0.1) is 0 Å². The monoisotopic (exact) mass is 486 g/mol. The van der Waals surface area contributed by atoms with Gasteiger partial charge in [0.15, 0.2) is 5.82 Å². The summed E-state index contributed by atoms with van der Waals surface area (Å²) in [6.07, 6.45) is 7.72. The van der Waals surface area contributed by atoms with Crippen LogP contribution in [0.15, 0.2) is 84.3 Å². The minimum atomic E-state index is -0.858. The Morgan fingerprint density at radius 1 is 1.22 bits per heavy atom. The van der Waals surface area contributed by atoms with Crippen molar-refractivity contribution in [3.8, 4) is 0 Å². The Balaban J connectivity index is 1.55. The molecular formula is C28H24F2N4O2. The van der Waals surface area contributed by atoms with E-state index in [1.165, 1.54) is 6.07 Å². The Morgan fingerprint density at radius 3 is 2.81 bits per heavy atom. The molecule has 0 spiro atoms. The highest BCUT2D eigenvalue weighted by Gasteiger charge is 2.18. The topological polar surface area (TPSA) is 79.4 Å². The summed E-state index contributed by atoms with van der Waals surface area (Å²) < 4.78 is 35.1. The summed E-state index contributed by atoms with van der Waals surface area (Å²) in [5.74, 6) is -1.57. The third-order valence-electron chi connectivity index (χ3n) is 5.61. The number of aliphatic imine (C=N–C) groups is 1. The highest BCUT2D eigenvalue weighted by atomic mass is 19.1. The van der Waals surface area contributed by atoms with Gasteiger partial charge in [-0.25, -0.2) is 18.6 Å². The normalized spacial score (nSPS) is 11.7. The van der Waals surface area contributed by atoms with Crippen molar-refractivity contribution in [1.29, 1.82) is 0 Å². The fourth-order valence-electron chi connectivity index (χ4n) is 3.68. The second-order valence-corrected chi connectivity index (χ2v) is 8.06. The molecule has 2 aromatic heterocycles. The molecule has 6 nitrogen and oxygen atoms in total. The average Bonchev–Trinajstić information content (AvgIpc) is 3.29. The summed E-state index contributed by atoms with van der Waals surface area (Å²) in [6, 6.07) is 13.3. The van der Waals surface area contributed by atoms with Gasteiger partial charge in [0.05, 0.1) is 5.69 Å². The zero-order chi connectivity index (χ0) is 25.5. The molecule has 182 valence electrons. The van der Waals surface area contributed by atoms with Gasteiger partial charge >= 0.3 is 6.09 Å². The fraction of sp³-hybridized carbons (Fsp3) is 0.107. The molecule has 8 heteroatoms. The molecule has 4 aromatic rings. The Labute approximate surface area is 207 Å². The minimum Gasteiger partial charge on any atom is -0.444 e. The standard InChI is InChI=1S/C28H24F2N4O2/c1-18(7-6-12-31-2)20-13-22-21(16-33-27(22)32-15-20)14-23-24(29)10-11-25(26(23)30)34-28(35)36-17-19-8-4-3-5-9-19/h3-13,15-16H,2,14,17H2,1H3,(H,32,33)(H,34,35)/b12-6-,18-7+. The largest absolute Gasteiger partial charge is 0.444 e. The average molecular weight is 487 g/mol. The molecule has 0 atom stereocenters. The third-order valence-corrected chi connectivity index (χ3v) is 5.61. The second kappa shape index (κ2) is 11.2. The van der Waals surface area contributed by atoms with Crippen LogP contribution in [0.5, 0.6) is 0 Å². The summed E-state index contributed by atoms with van der Waals surface area (Å²) in [5.41, 5.74) is 3.52. The van der Waals surface area contributed by atoms with Gasteiger partial charge in [-0.3, -0.25) is 10.3 Å². The number of halogens is 2.